The number of carbonyl (C=O) groups excluding carboxylic acids is 3. The predicted molar refractivity (Wildman–Crippen MR) is 195 cm³/mol. The molecule has 48 heavy (non-hydrogen) atoms. The Morgan fingerprint density at radius 2 is 0.979 bits per heavy atom. The minimum atomic E-state index is -1.07. The van der Waals surface area contributed by atoms with Crippen molar-refractivity contribution in [2.75, 3.05) is 14.2 Å². The average Bonchev–Trinajstić information content (AvgIpc) is 3.06. The fraction of sp³-hybridized carbons (Fsp3) is 0.286. The average molecular weight is 912 g/mol. The Morgan fingerprint density at radius 3 is 1.33 bits per heavy atom. The van der Waals surface area contributed by atoms with Gasteiger partial charge in [-0.25, -0.2) is 14.8 Å². The summed E-state index contributed by atoms with van der Waals surface area (Å²) in [6.45, 7) is 6.59. The number of halogens is 4. The molecule has 0 atom stereocenters. The van der Waals surface area contributed by atoms with Crippen molar-refractivity contribution in [3.63, 3.8) is 0 Å². The van der Waals surface area contributed by atoms with E-state index in [1.165, 1.54) is 14.2 Å². The van der Waals surface area contributed by atoms with E-state index in [1.54, 1.807) is 88.4 Å². The maximum atomic E-state index is 13.9. The van der Waals surface area contributed by atoms with Crippen LogP contribution >= 0.6 is 63.7 Å². The molecule has 0 saturated carbocycles. The van der Waals surface area contributed by atoms with Gasteiger partial charge in [0.05, 0.1) is 36.4 Å². The van der Waals surface area contributed by atoms with E-state index in [4.69, 9.17) is 18.9 Å². The molecule has 2 aromatic heterocycles. The molecule has 4 aromatic rings. The van der Waals surface area contributed by atoms with Gasteiger partial charge in [0.25, 0.3) is 0 Å². The monoisotopic (exact) mass is 908 g/mol. The summed E-state index contributed by atoms with van der Waals surface area (Å²) in [5.41, 5.74) is 0.508. The van der Waals surface area contributed by atoms with Gasteiger partial charge in [0.2, 0.25) is 11.8 Å². The van der Waals surface area contributed by atoms with Crippen molar-refractivity contribution in [3.8, 4) is 11.8 Å². The summed E-state index contributed by atoms with van der Waals surface area (Å²) in [7, 11) is 3.01. The molecule has 2 heterocycles. The highest BCUT2D eigenvalue weighted by Crippen LogP contribution is 2.36. The summed E-state index contributed by atoms with van der Waals surface area (Å²) in [5, 5.41) is 0. The van der Waals surface area contributed by atoms with E-state index in [-0.39, 0.29) is 24.8 Å². The highest BCUT2D eigenvalue weighted by molar-refractivity contribution is 9.11. The van der Waals surface area contributed by atoms with Gasteiger partial charge < -0.3 is 18.9 Å². The third kappa shape index (κ3) is 8.35. The standard InChI is InChI=1S/C35H32Br4N2O7/c1-34(2,29-25(38)11-13-27(40-29)45-5)31(42)23-9-7-21(36)15-19(23)17-47-33(44)48-18-20-16-22(37)8-10-24(20)32(43)35(3,4)30-26(39)12-14-28(41-30)46-6/h7-16H,17-18H2,1-6H3. The Morgan fingerprint density at radius 1 is 0.604 bits per heavy atom. The number of aromatic nitrogens is 2. The summed E-state index contributed by atoms with van der Waals surface area (Å²) >= 11 is 13.9. The van der Waals surface area contributed by atoms with Crippen molar-refractivity contribution in [2.45, 2.75) is 51.7 Å². The Bertz CT molecular complexity index is 1750. The van der Waals surface area contributed by atoms with Gasteiger partial charge in [0.15, 0.2) is 11.6 Å². The van der Waals surface area contributed by atoms with Gasteiger partial charge in [-0.05, 0) is 108 Å². The molecule has 0 N–H and O–H groups in total. The maximum absolute atomic E-state index is 13.9. The van der Waals surface area contributed by atoms with Crippen molar-refractivity contribution >= 4 is 81.4 Å². The Balaban J connectivity index is 1.52. The summed E-state index contributed by atoms with van der Waals surface area (Å²) in [5.74, 6) is 0.278. The summed E-state index contributed by atoms with van der Waals surface area (Å²) in [4.78, 5) is 49.8. The Labute approximate surface area is 312 Å². The van der Waals surface area contributed by atoms with E-state index in [2.05, 4.69) is 73.7 Å². The van der Waals surface area contributed by atoms with Crippen molar-refractivity contribution in [1.82, 2.24) is 9.97 Å². The van der Waals surface area contributed by atoms with Gasteiger partial charge in [0.1, 0.15) is 13.2 Å². The molecule has 0 bridgehead atoms. The summed E-state index contributed by atoms with van der Waals surface area (Å²) in [6.07, 6.45) is -0.973. The molecular formula is C35H32Br4N2O7. The lowest BCUT2D eigenvalue weighted by molar-refractivity contribution is 0.0438. The van der Waals surface area contributed by atoms with Crippen LogP contribution in [0.3, 0.4) is 0 Å². The third-order valence-corrected chi connectivity index (χ3v) is 9.96. The first kappa shape index (κ1) is 37.7. The van der Waals surface area contributed by atoms with Crippen LogP contribution < -0.4 is 9.47 Å². The Kier molecular flexibility index (Phi) is 12.3. The fourth-order valence-electron chi connectivity index (χ4n) is 4.96. The number of hydrogen-bond acceptors (Lipinski definition) is 9. The number of methoxy groups -OCH3 is 2. The molecule has 13 heteroatoms. The Hall–Kier alpha value is -3.13. The minimum absolute atomic E-state index is 0.236. The van der Waals surface area contributed by atoms with E-state index in [0.717, 1.165) is 0 Å². The summed E-state index contributed by atoms with van der Waals surface area (Å²) < 4.78 is 24.2. The van der Waals surface area contributed by atoms with E-state index in [9.17, 15) is 14.4 Å². The van der Waals surface area contributed by atoms with Gasteiger partial charge in [-0.3, -0.25) is 9.59 Å². The molecule has 0 aliphatic rings. The van der Waals surface area contributed by atoms with Gasteiger partial charge in [0, 0.05) is 52.3 Å². The van der Waals surface area contributed by atoms with Crippen LogP contribution in [0.15, 0.2) is 78.6 Å². The second kappa shape index (κ2) is 15.6. The highest BCUT2D eigenvalue weighted by atomic mass is 79.9. The molecule has 0 saturated heterocycles. The van der Waals surface area contributed by atoms with Crippen LogP contribution in [0.2, 0.25) is 0 Å². The smallest absolute Gasteiger partial charge is 0.481 e. The molecule has 0 radical (unpaired) electrons. The molecule has 0 amide bonds. The van der Waals surface area contributed by atoms with Crippen LogP contribution in [-0.4, -0.2) is 41.9 Å². The maximum Gasteiger partial charge on any atom is 0.508 e. The zero-order valence-electron chi connectivity index (χ0n) is 27.0. The first-order chi connectivity index (χ1) is 22.6. The lowest BCUT2D eigenvalue weighted by Gasteiger charge is -2.25. The van der Waals surface area contributed by atoms with Crippen molar-refractivity contribution in [1.29, 1.82) is 0 Å². The lowest BCUT2D eigenvalue weighted by Crippen LogP contribution is -2.32. The fourth-order valence-corrected chi connectivity index (χ4v) is 7.21. The van der Waals surface area contributed by atoms with Crippen molar-refractivity contribution in [2.24, 2.45) is 0 Å². The van der Waals surface area contributed by atoms with Gasteiger partial charge in [-0.15, -0.1) is 0 Å². The normalized spacial score (nSPS) is 11.5. The number of Topliss-reactive ketones (excluding diaryl/α,β-unsaturated/α-hetero) is 2. The van der Waals surface area contributed by atoms with Crippen molar-refractivity contribution in [3.05, 3.63) is 112 Å². The highest BCUT2D eigenvalue weighted by Gasteiger charge is 2.37. The number of rotatable bonds is 12. The summed E-state index contributed by atoms with van der Waals surface area (Å²) in [6, 6.07) is 17.2. The molecule has 0 fully saturated rings. The number of ketones is 2. The zero-order valence-corrected chi connectivity index (χ0v) is 33.3. The molecule has 0 spiro atoms. The lowest BCUT2D eigenvalue weighted by atomic mass is 9.79. The third-order valence-electron chi connectivity index (χ3n) is 7.69. The molecule has 252 valence electrons. The number of nitrogens with zero attached hydrogens (tertiary/aromatic N) is 2. The minimum Gasteiger partial charge on any atom is -0.481 e. The van der Waals surface area contributed by atoms with Crippen LogP contribution in [0.4, 0.5) is 4.79 Å². The first-order valence-corrected chi connectivity index (χ1v) is 17.6. The molecule has 9 nitrogen and oxygen atoms in total. The number of pyridine rings is 2. The molecule has 4 rings (SSSR count). The quantitative estimate of drug-likeness (QED) is 0.101. The SMILES string of the molecule is COc1ccc(Br)c(C(C)(C)C(=O)c2ccc(Br)cc2COC(=O)OCc2cc(Br)ccc2C(=O)C(C)(C)c2nc(OC)ccc2Br)n1. The zero-order chi connectivity index (χ0) is 35.4. The van der Waals surface area contributed by atoms with E-state index in [1.807, 2.05) is 0 Å². The van der Waals surface area contributed by atoms with Crippen LogP contribution in [0, 0.1) is 0 Å². The van der Waals surface area contributed by atoms with Crippen LogP contribution in [-0.2, 0) is 33.5 Å². The van der Waals surface area contributed by atoms with Crippen LogP contribution in [0.5, 0.6) is 11.8 Å². The second-order valence-electron chi connectivity index (χ2n) is 11.7. The number of hydrogen-bond donors (Lipinski definition) is 0. The second-order valence-corrected chi connectivity index (χ2v) is 15.2. The largest absolute Gasteiger partial charge is 0.508 e. The molecule has 2 aromatic carbocycles. The van der Waals surface area contributed by atoms with E-state index < -0.39 is 17.0 Å². The van der Waals surface area contributed by atoms with Gasteiger partial charge >= 0.3 is 6.16 Å². The topological polar surface area (TPSA) is 114 Å². The first-order valence-electron chi connectivity index (χ1n) is 14.5. The molecule has 0 aliphatic heterocycles. The van der Waals surface area contributed by atoms with Crippen molar-refractivity contribution < 1.29 is 33.3 Å². The predicted octanol–water partition coefficient (Wildman–Crippen LogP) is 9.72. The number of ether oxygens (including phenoxy) is 4. The van der Waals surface area contributed by atoms with Crippen LogP contribution in [0.1, 0.15) is 70.9 Å². The molecular weight excluding hydrogens is 880 g/mol. The number of carbonyl (C=O) groups is 3. The van der Waals surface area contributed by atoms with Crippen LogP contribution in [0.25, 0.3) is 0 Å². The van der Waals surface area contributed by atoms with E-state index >= 15 is 0 Å². The van der Waals surface area contributed by atoms with Gasteiger partial charge in [-0.2, -0.15) is 0 Å². The van der Waals surface area contributed by atoms with Gasteiger partial charge in [-0.1, -0.05) is 31.9 Å². The number of benzene rings is 2. The molecule has 0 unspecified atom stereocenters. The van der Waals surface area contributed by atoms with E-state index in [0.29, 0.717) is 63.3 Å². The molecule has 0 aliphatic carbocycles.